The summed E-state index contributed by atoms with van der Waals surface area (Å²) in [5.74, 6) is -0.369. The normalized spacial score (nSPS) is 17.4. The molecular weight excluding hydrogens is 391 g/mol. The Balaban J connectivity index is 1.71. The third-order valence-electron chi connectivity index (χ3n) is 5.10. The van der Waals surface area contributed by atoms with Gasteiger partial charge in [0.25, 0.3) is 0 Å². The minimum atomic E-state index is -4.44. The number of ether oxygens (including phenoxy) is 1. The van der Waals surface area contributed by atoms with Crippen LogP contribution < -0.4 is 4.72 Å². The van der Waals surface area contributed by atoms with Crippen molar-refractivity contribution in [1.29, 1.82) is 0 Å². The molecule has 1 aliphatic heterocycles. The number of nitrogens with one attached hydrogen (secondary N) is 1. The zero-order valence-corrected chi connectivity index (χ0v) is 16.0. The van der Waals surface area contributed by atoms with Crippen molar-refractivity contribution in [3.05, 3.63) is 71.3 Å². The first-order chi connectivity index (χ1) is 13.2. The predicted octanol–water partition coefficient (Wildman–Crippen LogP) is 3.87. The second kappa shape index (κ2) is 8.23. The van der Waals surface area contributed by atoms with Gasteiger partial charge in [-0.05, 0) is 36.1 Å². The molecule has 0 radical (unpaired) electrons. The van der Waals surface area contributed by atoms with Crippen molar-refractivity contribution >= 4 is 10.0 Å². The van der Waals surface area contributed by atoms with Gasteiger partial charge in [0.05, 0.1) is 11.3 Å². The summed E-state index contributed by atoms with van der Waals surface area (Å²) in [5, 5.41) is 0. The second-order valence-corrected chi connectivity index (χ2v) is 8.84. The molecule has 0 amide bonds. The van der Waals surface area contributed by atoms with Crippen LogP contribution in [0, 0.1) is 0 Å². The molecule has 8 heteroatoms. The van der Waals surface area contributed by atoms with Crippen molar-refractivity contribution < 1.29 is 26.3 Å². The molecule has 0 atom stereocenters. The van der Waals surface area contributed by atoms with E-state index in [0.29, 0.717) is 31.6 Å². The van der Waals surface area contributed by atoms with Crippen LogP contribution in [0.1, 0.15) is 29.5 Å². The number of alkyl halides is 3. The summed E-state index contributed by atoms with van der Waals surface area (Å²) < 4.78 is 71.1. The van der Waals surface area contributed by atoms with Gasteiger partial charge >= 0.3 is 6.18 Å². The van der Waals surface area contributed by atoms with E-state index in [1.165, 1.54) is 12.1 Å². The number of benzene rings is 2. The van der Waals surface area contributed by atoms with Gasteiger partial charge in [0.1, 0.15) is 0 Å². The molecule has 0 spiro atoms. The van der Waals surface area contributed by atoms with Gasteiger partial charge in [-0.3, -0.25) is 0 Å². The number of hydrogen-bond acceptors (Lipinski definition) is 3. The lowest BCUT2D eigenvalue weighted by Gasteiger charge is -2.37. The van der Waals surface area contributed by atoms with Crippen LogP contribution in [0.3, 0.4) is 0 Å². The van der Waals surface area contributed by atoms with Crippen molar-refractivity contribution in [3.8, 4) is 0 Å². The highest BCUT2D eigenvalue weighted by molar-refractivity contribution is 7.88. The van der Waals surface area contributed by atoms with Crippen LogP contribution in [0.15, 0.2) is 54.6 Å². The number of rotatable bonds is 6. The Morgan fingerprint density at radius 1 is 0.964 bits per heavy atom. The van der Waals surface area contributed by atoms with E-state index in [1.54, 1.807) is 0 Å². The zero-order chi connectivity index (χ0) is 20.3. The molecule has 1 saturated heterocycles. The van der Waals surface area contributed by atoms with Crippen LogP contribution in [0.5, 0.6) is 0 Å². The predicted molar refractivity (Wildman–Crippen MR) is 100 cm³/mol. The molecule has 0 unspecified atom stereocenters. The van der Waals surface area contributed by atoms with Gasteiger partial charge < -0.3 is 4.74 Å². The van der Waals surface area contributed by atoms with E-state index in [-0.39, 0.29) is 17.7 Å². The fourth-order valence-corrected chi connectivity index (χ4v) is 4.66. The maximum Gasteiger partial charge on any atom is 0.416 e. The molecule has 0 saturated carbocycles. The summed E-state index contributed by atoms with van der Waals surface area (Å²) in [4.78, 5) is 0. The molecule has 0 aromatic heterocycles. The highest BCUT2D eigenvalue weighted by atomic mass is 32.2. The SMILES string of the molecule is O=S(=O)(Cc1ccc(C(F)(F)F)cc1)NCC1(c2ccccc2)CCOCC1. The number of hydrogen-bond donors (Lipinski definition) is 1. The summed E-state index contributed by atoms with van der Waals surface area (Å²) in [5.41, 5.74) is 0.204. The first-order valence-electron chi connectivity index (χ1n) is 8.97. The monoisotopic (exact) mass is 413 g/mol. The molecule has 0 aliphatic carbocycles. The minimum absolute atomic E-state index is 0.226. The maximum absolute atomic E-state index is 12.6. The van der Waals surface area contributed by atoms with E-state index in [9.17, 15) is 21.6 Å². The minimum Gasteiger partial charge on any atom is -0.381 e. The third kappa shape index (κ3) is 5.12. The van der Waals surface area contributed by atoms with E-state index in [4.69, 9.17) is 4.74 Å². The highest BCUT2D eigenvalue weighted by Crippen LogP contribution is 2.34. The highest BCUT2D eigenvalue weighted by Gasteiger charge is 2.35. The second-order valence-electron chi connectivity index (χ2n) is 7.03. The maximum atomic E-state index is 12.6. The van der Waals surface area contributed by atoms with E-state index in [1.807, 2.05) is 30.3 Å². The molecule has 0 bridgehead atoms. The number of halogens is 3. The lowest BCUT2D eigenvalue weighted by molar-refractivity contribution is -0.137. The first kappa shape index (κ1) is 20.8. The smallest absolute Gasteiger partial charge is 0.381 e. The summed E-state index contributed by atoms with van der Waals surface area (Å²) in [6.45, 7) is 1.33. The van der Waals surface area contributed by atoms with Gasteiger partial charge in [-0.2, -0.15) is 13.2 Å². The lowest BCUT2D eigenvalue weighted by Crippen LogP contribution is -2.44. The van der Waals surface area contributed by atoms with Crippen molar-refractivity contribution in [1.82, 2.24) is 4.72 Å². The van der Waals surface area contributed by atoms with E-state index in [0.717, 1.165) is 17.7 Å². The molecule has 152 valence electrons. The molecular formula is C20H22F3NO3S. The molecule has 1 heterocycles. The van der Waals surface area contributed by atoms with Crippen LogP contribution in [-0.4, -0.2) is 28.2 Å². The largest absolute Gasteiger partial charge is 0.416 e. The van der Waals surface area contributed by atoms with E-state index < -0.39 is 21.8 Å². The van der Waals surface area contributed by atoms with E-state index >= 15 is 0 Å². The molecule has 1 N–H and O–H groups in total. The fourth-order valence-electron chi connectivity index (χ4n) is 3.43. The fraction of sp³-hybridized carbons (Fsp3) is 0.400. The first-order valence-corrected chi connectivity index (χ1v) is 10.6. The van der Waals surface area contributed by atoms with Gasteiger partial charge in [-0.25, -0.2) is 13.1 Å². The Kier molecular flexibility index (Phi) is 6.12. The average molecular weight is 413 g/mol. The summed E-state index contributed by atoms with van der Waals surface area (Å²) in [6, 6.07) is 13.9. The van der Waals surface area contributed by atoms with Crippen LogP contribution in [-0.2, 0) is 32.1 Å². The van der Waals surface area contributed by atoms with Crippen molar-refractivity contribution in [2.45, 2.75) is 30.2 Å². The molecule has 1 aliphatic rings. The Labute approximate surface area is 162 Å². The number of sulfonamides is 1. The molecule has 2 aromatic carbocycles. The van der Waals surface area contributed by atoms with Gasteiger partial charge in [-0.1, -0.05) is 42.5 Å². The Hall–Kier alpha value is -1.90. The lowest BCUT2D eigenvalue weighted by atomic mass is 9.74. The Bertz CT molecular complexity index is 875. The van der Waals surface area contributed by atoms with Crippen LogP contribution in [0.2, 0.25) is 0 Å². The zero-order valence-electron chi connectivity index (χ0n) is 15.2. The molecule has 28 heavy (non-hydrogen) atoms. The standard InChI is InChI=1S/C20H22F3NO3S/c21-20(22,23)18-8-6-16(7-9-18)14-28(25,26)24-15-19(10-12-27-13-11-19)17-4-2-1-3-5-17/h1-9,24H,10-15H2. The quantitative estimate of drug-likeness (QED) is 0.782. The van der Waals surface area contributed by atoms with Crippen LogP contribution in [0.4, 0.5) is 13.2 Å². The topological polar surface area (TPSA) is 55.4 Å². The van der Waals surface area contributed by atoms with E-state index in [2.05, 4.69) is 4.72 Å². The van der Waals surface area contributed by atoms with Gasteiger partial charge in [0.15, 0.2) is 0 Å². The van der Waals surface area contributed by atoms with Crippen molar-refractivity contribution in [2.24, 2.45) is 0 Å². The molecule has 4 nitrogen and oxygen atoms in total. The van der Waals surface area contributed by atoms with Crippen molar-refractivity contribution in [2.75, 3.05) is 19.8 Å². The Morgan fingerprint density at radius 2 is 1.57 bits per heavy atom. The summed E-state index contributed by atoms with van der Waals surface area (Å²) in [6.07, 6.45) is -3.06. The van der Waals surface area contributed by atoms with Crippen LogP contribution >= 0.6 is 0 Å². The molecule has 2 aromatic rings. The summed E-state index contributed by atoms with van der Waals surface area (Å²) >= 11 is 0. The van der Waals surface area contributed by atoms with Crippen molar-refractivity contribution in [3.63, 3.8) is 0 Å². The van der Waals surface area contributed by atoms with Gasteiger partial charge in [-0.15, -0.1) is 0 Å². The van der Waals surface area contributed by atoms with Gasteiger partial charge in [0.2, 0.25) is 10.0 Å². The van der Waals surface area contributed by atoms with Gasteiger partial charge in [0, 0.05) is 25.2 Å². The average Bonchev–Trinajstić information content (AvgIpc) is 2.67. The third-order valence-corrected chi connectivity index (χ3v) is 6.40. The Morgan fingerprint density at radius 3 is 2.14 bits per heavy atom. The summed E-state index contributed by atoms with van der Waals surface area (Å²) in [7, 11) is -3.70. The van der Waals surface area contributed by atoms with Crippen LogP contribution in [0.25, 0.3) is 0 Å². The molecule has 1 fully saturated rings. The molecule has 3 rings (SSSR count).